The van der Waals surface area contributed by atoms with Crippen LogP contribution in [-0.2, 0) is 4.79 Å². The lowest BCUT2D eigenvalue weighted by atomic mass is 9.74. The summed E-state index contributed by atoms with van der Waals surface area (Å²) in [4.78, 5) is 35.9. The Bertz CT molecular complexity index is 1060. The zero-order valence-electron chi connectivity index (χ0n) is 17.2. The van der Waals surface area contributed by atoms with Gasteiger partial charge in [0, 0.05) is 31.1 Å². The molecule has 2 aromatic rings. The number of nitrogens with zero attached hydrogens (tertiary/aromatic N) is 2. The smallest absolute Gasteiger partial charge is 0.481 e. The highest BCUT2D eigenvalue weighted by atomic mass is 19.4. The molecule has 1 amide bonds. The first-order valence-electron chi connectivity index (χ1n) is 9.67. The van der Waals surface area contributed by atoms with Gasteiger partial charge in [0.1, 0.15) is 11.5 Å². The van der Waals surface area contributed by atoms with Crippen molar-refractivity contribution < 1.29 is 42.3 Å². The Morgan fingerprint density at radius 3 is 2.42 bits per heavy atom. The molecule has 1 fully saturated rings. The van der Waals surface area contributed by atoms with Crippen LogP contribution in [-0.4, -0.2) is 46.4 Å². The summed E-state index contributed by atoms with van der Waals surface area (Å²) < 4.78 is 46.9. The number of carboxylic acids is 1. The Hall–Kier alpha value is -3.83. The molecule has 1 aliphatic rings. The Kier molecular flexibility index (Phi) is 6.47. The van der Waals surface area contributed by atoms with Crippen LogP contribution in [0.4, 0.5) is 23.7 Å². The topological polar surface area (TPSA) is 119 Å². The number of nitro benzene ring substituents is 1. The highest BCUT2D eigenvalue weighted by molar-refractivity contribution is 5.77. The highest BCUT2D eigenvalue weighted by Gasteiger charge is 2.44. The first-order valence-corrected chi connectivity index (χ1v) is 9.67. The van der Waals surface area contributed by atoms with Crippen molar-refractivity contribution in [1.82, 2.24) is 4.90 Å². The van der Waals surface area contributed by atoms with Crippen LogP contribution in [0.5, 0.6) is 11.5 Å². The second kappa shape index (κ2) is 8.96. The molecule has 0 radical (unpaired) electrons. The monoisotopic (exact) mass is 468 g/mol. The molecule has 1 aliphatic heterocycles. The van der Waals surface area contributed by atoms with Crippen molar-refractivity contribution in [2.45, 2.75) is 25.6 Å². The van der Waals surface area contributed by atoms with Gasteiger partial charge >= 0.3 is 18.4 Å². The van der Waals surface area contributed by atoms with E-state index in [0.717, 1.165) is 29.2 Å². The van der Waals surface area contributed by atoms with E-state index < -0.39 is 40.4 Å². The van der Waals surface area contributed by atoms with Gasteiger partial charge in [0.25, 0.3) is 5.69 Å². The molecule has 2 atom stereocenters. The molecular formula is C21H19F3N2O7. The molecule has 176 valence electrons. The van der Waals surface area contributed by atoms with E-state index in [9.17, 15) is 38.0 Å². The van der Waals surface area contributed by atoms with Crippen molar-refractivity contribution >= 4 is 17.7 Å². The number of alkyl halides is 3. The molecule has 3 rings (SSSR count). The number of non-ortho nitro benzene ring substituents is 1. The normalized spacial score (nSPS) is 20.7. The number of aliphatic carboxylic acids is 1. The lowest BCUT2D eigenvalue weighted by Gasteiger charge is -2.41. The van der Waals surface area contributed by atoms with E-state index in [1.807, 2.05) is 0 Å². The fraction of sp³-hybridized carbons (Fsp3) is 0.333. The molecular weight excluding hydrogens is 449 g/mol. The fourth-order valence-corrected chi connectivity index (χ4v) is 3.71. The Morgan fingerprint density at radius 2 is 1.85 bits per heavy atom. The first kappa shape index (κ1) is 23.8. The summed E-state index contributed by atoms with van der Waals surface area (Å²) in [7, 11) is 0. The van der Waals surface area contributed by atoms with Crippen molar-refractivity contribution in [2.24, 2.45) is 5.41 Å². The lowest BCUT2D eigenvalue weighted by molar-refractivity contribution is -0.384. The van der Waals surface area contributed by atoms with Gasteiger partial charge in [-0.05, 0) is 43.2 Å². The molecule has 12 heteroatoms. The molecule has 1 saturated heterocycles. The third-order valence-corrected chi connectivity index (χ3v) is 5.27. The van der Waals surface area contributed by atoms with Gasteiger partial charge in [-0.15, -0.1) is 13.2 Å². The second-order valence-electron chi connectivity index (χ2n) is 7.89. The number of nitro groups is 1. The minimum atomic E-state index is -4.89. The maximum atomic E-state index is 12.7. The van der Waals surface area contributed by atoms with E-state index in [1.54, 1.807) is 0 Å². The number of carbonyl (C=O) groups excluding carboxylic acids is 1. The average Bonchev–Trinajstić information content (AvgIpc) is 2.72. The molecule has 2 aromatic carbocycles. The number of hydrogen-bond acceptors (Lipinski definition) is 6. The van der Waals surface area contributed by atoms with Crippen LogP contribution in [0.25, 0.3) is 0 Å². The van der Waals surface area contributed by atoms with E-state index >= 15 is 0 Å². The number of ether oxygens (including phenoxy) is 2. The van der Waals surface area contributed by atoms with Crippen molar-refractivity contribution in [2.75, 3.05) is 13.1 Å². The van der Waals surface area contributed by atoms with Gasteiger partial charge in [0.05, 0.1) is 10.3 Å². The number of benzene rings is 2. The fourth-order valence-electron chi connectivity index (χ4n) is 3.71. The van der Waals surface area contributed by atoms with Crippen molar-refractivity contribution in [3.05, 3.63) is 64.2 Å². The summed E-state index contributed by atoms with van der Waals surface area (Å²) in [6.07, 6.45) is -5.70. The molecule has 0 aliphatic carbocycles. The molecule has 33 heavy (non-hydrogen) atoms. The number of hydrogen-bond donors (Lipinski definition) is 1. The predicted molar refractivity (Wildman–Crippen MR) is 107 cm³/mol. The molecule has 1 N–H and O–H groups in total. The van der Waals surface area contributed by atoms with Gasteiger partial charge in [-0.2, -0.15) is 0 Å². The highest BCUT2D eigenvalue weighted by Crippen LogP contribution is 2.40. The third kappa shape index (κ3) is 5.90. The van der Waals surface area contributed by atoms with Crippen LogP contribution in [0, 0.1) is 15.5 Å². The number of piperidine rings is 1. The average molecular weight is 468 g/mol. The molecule has 2 unspecified atom stereocenters. The molecule has 0 aromatic heterocycles. The lowest BCUT2D eigenvalue weighted by Crippen LogP contribution is -2.51. The first-order chi connectivity index (χ1) is 15.4. The maximum Gasteiger partial charge on any atom is 0.573 e. The Balaban J connectivity index is 1.82. The largest absolute Gasteiger partial charge is 0.573 e. The quantitative estimate of drug-likeness (QED) is 0.504. The van der Waals surface area contributed by atoms with E-state index in [-0.39, 0.29) is 30.9 Å². The summed E-state index contributed by atoms with van der Waals surface area (Å²) in [6.45, 7) is 1.23. The predicted octanol–water partition coefficient (Wildman–Crippen LogP) is 4.57. The number of likely N-dealkylation sites (tertiary alicyclic amines) is 1. The summed E-state index contributed by atoms with van der Waals surface area (Å²) in [5.74, 6) is -2.22. The second-order valence-corrected chi connectivity index (χ2v) is 7.89. The van der Waals surface area contributed by atoms with Gasteiger partial charge in [-0.1, -0.05) is 12.1 Å². The van der Waals surface area contributed by atoms with Gasteiger partial charge in [0.2, 0.25) is 0 Å². The number of carbonyl (C=O) groups is 2. The Labute approximate surface area is 185 Å². The van der Waals surface area contributed by atoms with Gasteiger partial charge in [0.15, 0.2) is 0 Å². The Morgan fingerprint density at radius 1 is 1.18 bits per heavy atom. The molecule has 0 saturated carbocycles. The summed E-state index contributed by atoms with van der Waals surface area (Å²) >= 11 is 0. The van der Waals surface area contributed by atoms with E-state index in [0.29, 0.717) is 5.56 Å². The zero-order chi connectivity index (χ0) is 24.4. The van der Waals surface area contributed by atoms with Crippen LogP contribution in [0.1, 0.15) is 24.8 Å². The summed E-state index contributed by atoms with van der Waals surface area (Å²) in [5.41, 5.74) is -1.22. The van der Waals surface area contributed by atoms with Crippen molar-refractivity contribution in [1.29, 1.82) is 0 Å². The third-order valence-electron chi connectivity index (χ3n) is 5.27. The summed E-state index contributed by atoms with van der Waals surface area (Å²) in [5, 5.41) is 20.5. The minimum Gasteiger partial charge on any atom is -0.481 e. The van der Waals surface area contributed by atoms with Crippen LogP contribution in [0.15, 0.2) is 48.5 Å². The van der Waals surface area contributed by atoms with Crippen LogP contribution >= 0.6 is 0 Å². The SMILES string of the molecule is CC1(C(=O)O)CC(c2cccc(OC(F)(F)F)c2)CN(C(=O)Oc2ccc([N+](=O)[O-])cc2)C1. The van der Waals surface area contributed by atoms with E-state index in [4.69, 9.17) is 4.74 Å². The van der Waals surface area contributed by atoms with Gasteiger partial charge < -0.3 is 19.5 Å². The van der Waals surface area contributed by atoms with E-state index in [1.165, 1.54) is 31.2 Å². The maximum absolute atomic E-state index is 12.7. The number of halogens is 3. The van der Waals surface area contributed by atoms with Gasteiger partial charge in [-0.25, -0.2) is 4.79 Å². The minimum absolute atomic E-state index is 0.00977. The molecule has 0 spiro atoms. The number of carboxylic acid groups (broad SMARTS) is 1. The zero-order valence-corrected chi connectivity index (χ0v) is 17.2. The van der Waals surface area contributed by atoms with E-state index in [2.05, 4.69) is 4.74 Å². The van der Waals surface area contributed by atoms with Crippen LogP contribution in [0.2, 0.25) is 0 Å². The van der Waals surface area contributed by atoms with Crippen LogP contribution < -0.4 is 9.47 Å². The van der Waals surface area contributed by atoms with Crippen molar-refractivity contribution in [3.8, 4) is 11.5 Å². The van der Waals surface area contributed by atoms with Crippen LogP contribution in [0.3, 0.4) is 0 Å². The molecule has 9 nitrogen and oxygen atoms in total. The molecule has 0 bridgehead atoms. The van der Waals surface area contributed by atoms with Gasteiger partial charge in [-0.3, -0.25) is 14.9 Å². The molecule has 1 heterocycles. The van der Waals surface area contributed by atoms with Crippen molar-refractivity contribution in [3.63, 3.8) is 0 Å². The number of rotatable bonds is 5. The summed E-state index contributed by atoms with van der Waals surface area (Å²) in [6, 6.07) is 9.91. The standard InChI is InChI=1S/C21H19F3N2O7/c1-20(18(27)28)10-14(13-3-2-4-17(9-13)33-21(22,23)24)11-25(12-20)19(29)32-16-7-5-15(6-8-16)26(30)31/h2-9,14H,10-12H2,1H3,(H,27,28). The number of amides is 1.